The van der Waals surface area contributed by atoms with Gasteiger partial charge in [-0.05, 0) is 45.2 Å². The lowest BCUT2D eigenvalue weighted by Gasteiger charge is -2.23. The van der Waals surface area contributed by atoms with Crippen LogP contribution >= 0.6 is 12.0 Å². The third-order valence-electron chi connectivity index (χ3n) is 3.45. The van der Waals surface area contributed by atoms with Crippen molar-refractivity contribution in [2.24, 2.45) is 0 Å². The van der Waals surface area contributed by atoms with Gasteiger partial charge in [-0.15, -0.1) is 0 Å². The van der Waals surface area contributed by atoms with Crippen molar-refractivity contribution < 1.29 is 4.18 Å². The Kier molecular flexibility index (Phi) is 6.62. The van der Waals surface area contributed by atoms with Gasteiger partial charge in [0, 0.05) is 36.3 Å². The third-order valence-corrected chi connectivity index (χ3v) is 4.19. The Bertz CT molecular complexity index is 572. The van der Waals surface area contributed by atoms with Gasteiger partial charge < -0.3 is 14.4 Å². The first-order valence-corrected chi connectivity index (χ1v) is 8.38. The van der Waals surface area contributed by atoms with E-state index in [-0.39, 0.29) is 0 Å². The number of benzene rings is 2. The molecular weight excluding hydrogens is 292 g/mol. The SMILES string of the molecule is CCN(CCNC)c1cccc(OSc2ccc(C)cc2)c1. The minimum absolute atomic E-state index is 0.881. The zero-order valence-corrected chi connectivity index (χ0v) is 14.3. The number of anilines is 1. The molecule has 2 aromatic carbocycles. The Labute approximate surface area is 137 Å². The van der Waals surface area contributed by atoms with Gasteiger partial charge in [0.25, 0.3) is 0 Å². The van der Waals surface area contributed by atoms with Crippen LogP contribution < -0.4 is 14.4 Å². The number of aryl methyl sites for hydroxylation is 1. The zero-order chi connectivity index (χ0) is 15.8. The average molecular weight is 316 g/mol. The smallest absolute Gasteiger partial charge is 0.139 e. The molecule has 0 aliphatic heterocycles. The van der Waals surface area contributed by atoms with Crippen molar-refractivity contribution >= 4 is 17.7 Å². The summed E-state index contributed by atoms with van der Waals surface area (Å²) in [5.74, 6) is 0.881. The van der Waals surface area contributed by atoms with Crippen LogP contribution in [0.3, 0.4) is 0 Å². The maximum atomic E-state index is 5.85. The maximum absolute atomic E-state index is 5.85. The lowest BCUT2D eigenvalue weighted by atomic mass is 10.2. The minimum Gasteiger partial charge on any atom is -0.421 e. The molecule has 0 radical (unpaired) electrons. The van der Waals surface area contributed by atoms with Crippen LogP contribution in [0.1, 0.15) is 12.5 Å². The topological polar surface area (TPSA) is 24.5 Å². The van der Waals surface area contributed by atoms with Gasteiger partial charge in [-0.25, -0.2) is 0 Å². The molecule has 4 heteroatoms. The molecule has 2 aromatic rings. The highest BCUT2D eigenvalue weighted by Crippen LogP contribution is 2.27. The Hall–Kier alpha value is -1.65. The van der Waals surface area contributed by atoms with Crippen LogP contribution in [0.5, 0.6) is 5.75 Å². The van der Waals surface area contributed by atoms with Crippen molar-refractivity contribution in [2.75, 3.05) is 31.6 Å². The monoisotopic (exact) mass is 316 g/mol. The summed E-state index contributed by atoms with van der Waals surface area (Å²) in [5.41, 5.74) is 2.45. The number of likely N-dealkylation sites (N-methyl/N-ethyl adjacent to an activating group) is 2. The van der Waals surface area contributed by atoms with Gasteiger partial charge in [-0.1, -0.05) is 23.8 Å². The van der Waals surface area contributed by atoms with Crippen LogP contribution in [0.15, 0.2) is 53.4 Å². The molecule has 22 heavy (non-hydrogen) atoms. The second kappa shape index (κ2) is 8.71. The molecule has 0 amide bonds. The molecule has 2 rings (SSSR count). The normalized spacial score (nSPS) is 10.5. The first-order valence-electron chi connectivity index (χ1n) is 7.63. The minimum atomic E-state index is 0.881. The molecule has 0 spiro atoms. The molecule has 0 aromatic heterocycles. The van der Waals surface area contributed by atoms with Gasteiger partial charge in [0.1, 0.15) is 5.75 Å². The summed E-state index contributed by atoms with van der Waals surface area (Å²) in [4.78, 5) is 3.44. The van der Waals surface area contributed by atoms with Crippen LogP contribution in [-0.4, -0.2) is 26.7 Å². The van der Waals surface area contributed by atoms with E-state index in [0.717, 1.165) is 30.3 Å². The highest BCUT2D eigenvalue weighted by Gasteiger charge is 2.05. The summed E-state index contributed by atoms with van der Waals surface area (Å²) in [5, 5.41) is 3.19. The molecule has 0 saturated carbocycles. The van der Waals surface area contributed by atoms with Crippen LogP contribution in [-0.2, 0) is 0 Å². The van der Waals surface area contributed by atoms with E-state index in [1.165, 1.54) is 23.3 Å². The van der Waals surface area contributed by atoms with Crippen molar-refractivity contribution in [3.05, 3.63) is 54.1 Å². The first kappa shape index (κ1) is 16.7. The lowest BCUT2D eigenvalue weighted by Crippen LogP contribution is -2.30. The Balaban J connectivity index is 1.99. The fourth-order valence-electron chi connectivity index (χ4n) is 2.14. The van der Waals surface area contributed by atoms with E-state index in [4.69, 9.17) is 4.18 Å². The number of rotatable bonds is 8. The maximum Gasteiger partial charge on any atom is 0.139 e. The zero-order valence-electron chi connectivity index (χ0n) is 13.5. The summed E-state index contributed by atoms with van der Waals surface area (Å²) < 4.78 is 5.85. The summed E-state index contributed by atoms with van der Waals surface area (Å²) in [6.45, 7) is 7.20. The molecule has 1 N–H and O–H groups in total. The molecule has 0 atom stereocenters. The Morgan fingerprint density at radius 1 is 1.14 bits per heavy atom. The van der Waals surface area contributed by atoms with Crippen LogP contribution in [0, 0.1) is 6.92 Å². The van der Waals surface area contributed by atoms with E-state index < -0.39 is 0 Å². The second-order valence-corrected chi connectivity index (χ2v) is 5.97. The Morgan fingerprint density at radius 3 is 2.59 bits per heavy atom. The predicted molar refractivity (Wildman–Crippen MR) is 95.9 cm³/mol. The first-order chi connectivity index (χ1) is 10.7. The largest absolute Gasteiger partial charge is 0.421 e. The molecule has 0 heterocycles. The Morgan fingerprint density at radius 2 is 1.91 bits per heavy atom. The van der Waals surface area contributed by atoms with Gasteiger partial charge >= 0.3 is 0 Å². The van der Waals surface area contributed by atoms with Crippen molar-refractivity contribution in [3.8, 4) is 5.75 Å². The van der Waals surface area contributed by atoms with E-state index in [1.54, 1.807) is 0 Å². The van der Waals surface area contributed by atoms with Gasteiger partial charge in [0.05, 0.1) is 12.0 Å². The number of nitrogens with zero attached hydrogens (tertiary/aromatic N) is 1. The van der Waals surface area contributed by atoms with Crippen LogP contribution in [0.25, 0.3) is 0 Å². The highest BCUT2D eigenvalue weighted by atomic mass is 32.2. The second-order valence-electron chi connectivity index (χ2n) is 5.16. The fourth-order valence-corrected chi connectivity index (χ4v) is 2.68. The van der Waals surface area contributed by atoms with Crippen molar-refractivity contribution in [1.82, 2.24) is 5.32 Å². The molecule has 118 valence electrons. The van der Waals surface area contributed by atoms with E-state index in [1.807, 2.05) is 19.2 Å². The molecule has 0 unspecified atom stereocenters. The van der Waals surface area contributed by atoms with E-state index in [2.05, 4.69) is 60.5 Å². The summed E-state index contributed by atoms with van der Waals surface area (Å²) in [6, 6.07) is 16.6. The van der Waals surface area contributed by atoms with E-state index in [9.17, 15) is 0 Å². The molecule has 0 bridgehead atoms. The summed E-state index contributed by atoms with van der Waals surface area (Å²) in [6.07, 6.45) is 0. The number of hydrogen-bond acceptors (Lipinski definition) is 4. The summed E-state index contributed by atoms with van der Waals surface area (Å²) in [7, 11) is 1.98. The third kappa shape index (κ3) is 4.97. The molecular formula is C18H24N2OS. The molecule has 0 saturated heterocycles. The van der Waals surface area contributed by atoms with E-state index >= 15 is 0 Å². The van der Waals surface area contributed by atoms with Gasteiger partial charge in [-0.3, -0.25) is 0 Å². The molecule has 0 fully saturated rings. The molecule has 3 nitrogen and oxygen atoms in total. The highest BCUT2D eigenvalue weighted by molar-refractivity contribution is 7.95. The predicted octanol–water partition coefficient (Wildman–Crippen LogP) is 4.13. The molecule has 0 aliphatic rings. The fraction of sp³-hybridized carbons (Fsp3) is 0.333. The average Bonchev–Trinajstić information content (AvgIpc) is 2.55. The van der Waals surface area contributed by atoms with E-state index in [0.29, 0.717) is 0 Å². The van der Waals surface area contributed by atoms with Crippen LogP contribution in [0.4, 0.5) is 5.69 Å². The molecule has 0 aliphatic carbocycles. The van der Waals surface area contributed by atoms with Crippen molar-refractivity contribution in [1.29, 1.82) is 0 Å². The van der Waals surface area contributed by atoms with Gasteiger partial charge in [0.2, 0.25) is 0 Å². The van der Waals surface area contributed by atoms with Gasteiger partial charge in [0.15, 0.2) is 0 Å². The van der Waals surface area contributed by atoms with Gasteiger partial charge in [-0.2, -0.15) is 0 Å². The van der Waals surface area contributed by atoms with Crippen LogP contribution in [0.2, 0.25) is 0 Å². The van der Waals surface area contributed by atoms with Crippen molar-refractivity contribution in [2.45, 2.75) is 18.7 Å². The lowest BCUT2D eigenvalue weighted by molar-refractivity contribution is 0.644. The van der Waals surface area contributed by atoms with Crippen molar-refractivity contribution in [3.63, 3.8) is 0 Å². The number of hydrogen-bond donors (Lipinski definition) is 1. The standard InChI is InChI=1S/C18H24N2OS/c1-4-20(13-12-19-3)16-6-5-7-17(14-16)21-22-18-10-8-15(2)9-11-18/h5-11,14,19H,4,12-13H2,1-3H3. The quantitative estimate of drug-likeness (QED) is 0.740. The number of nitrogens with one attached hydrogen (secondary N) is 1. The summed E-state index contributed by atoms with van der Waals surface area (Å²) >= 11 is 1.40.